The monoisotopic (exact) mass is 320 g/mol. The van der Waals surface area contributed by atoms with Crippen molar-refractivity contribution in [3.05, 3.63) is 59.4 Å². The molecule has 0 saturated heterocycles. The Hall–Kier alpha value is -1.71. The molecule has 108 valence electrons. The maximum Gasteiger partial charge on any atom is 0.124 e. The molecular formula is C16H14Cl2N2O. The molecule has 0 radical (unpaired) electrons. The van der Waals surface area contributed by atoms with Crippen molar-refractivity contribution in [2.45, 2.75) is 12.4 Å². The SMILES string of the molecule is ClCc1nc2ccc(Cl)cc2n1CCOc1ccccc1. The molecule has 0 fully saturated rings. The molecule has 0 aliphatic heterocycles. The number of para-hydroxylation sites is 1. The second-order valence-corrected chi connectivity index (χ2v) is 5.31. The predicted molar refractivity (Wildman–Crippen MR) is 86.2 cm³/mol. The van der Waals surface area contributed by atoms with Crippen molar-refractivity contribution in [3.63, 3.8) is 0 Å². The van der Waals surface area contributed by atoms with E-state index in [1.54, 1.807) is 0 Å². The molecule has 0 N–H and O–H groups in total. The summed E-state index contributed by atoms with van der Waals surface area (Å²) in [6.07, 6.45) is 0. The Labute approximate surface area is 133 Å². The van der Waals surface area contributed by atoms with E-state index in [1.165, 1.54) is 0 Å². The molecule has 0 atom stereocenters. The zero-order valence-corrected chi connectivity index (χ0v) is 12.8. The molecule has 3 rings (SSSR count). The van der Waals surface area contributed by atoms with Crippen LogP contribution in [0.15, 0.2) is 48.5 Å². The highest BCUT2D eigenvalue weighted by Gasteiger charge is 2.10. The number of nitrogens with zero attached hydrogens (tertiary/aromatic N) is 2. The van der Waals surface area contributed by atoms with Gasteiger partial charge in [0.05, 0.1) is 23.5 Å². The average Bonchev–Trinajstić information content (AvgIpc) is 2.86. The molecule has 0 bridgehead atoms. The Morgan fingerprint density at radius 1 is 1.10 bits per heavy atom. The molecule has 1 aromatic heterocycles. The summed E-state index contributed by atoms with van der Waals surface area (Å²) < 4.78 is 7.79. The normalized spacial score (nSPS) is 11.0. The number of halogens is 2. The highest BCUT2D eigenvalue weighted by atomic mass is 35.5. The zero-order valence-electron chi connectivity index (χ0n) is 11.3. The van der Waals surface area contributed by atoms with Crippen LogP contribution in [-0.4, -0.2) is 16.2 Å². The standard InChI is InChI=1S/C16H14Cl2N2O/c17-11-16-19-14-7-6-12(18)10-15(14)20(16)8-9-21-13-4-2-1-3-5-13/h1-7,10H,8-9,11H2. The van der Waals surface area contributed by atoms with Gasteiger partial charge in [-0.1, -0.05) is 29.8 Å². The van der Waals surface area contributed by atoms with E-state index in [4.69, 9.17) is 27.9 Å². The maximum absolute atomic E-state index is 6.07. The lowest BCUT2D eigenvalue weighted by atomic mass is 10.3. The zero-order chi connectivity index (χ0) is 14.7. The Bertz CT molecular complexity index is 741. The Balaban J connectivity index is 1.80. The van der Waals surface area contributed by atoms with Crippen LogP contribution in [0.3, 0.4) is 0 Å². The van der Waals surface area contributed by atoms with Gasteiger partial charge in [0, 0.05) is 5.02 Å². The number of rotatable bonds is 5. The van der Waals surface area contributed by atoms with Gasteiger partial charge in [0.1, 0.15) is 18.2 Å². The summed E-state index contributed by atoms with van der Waals surface area (Å²) in [5, 5.41) is 0.689. The van der Waals surface area contributed by atoms with Crippen LogP contribution in [0.1, 0.15) is 5.82 Å². The van der Waals surface area contributed by atoms with E-state index in [0.29, 0.717) is 24.1 Å². The molecule has 3 aromatic rings. The summed E-state index contributed by atoms with van der Waals surface area (Å²) in [6, 6.07) is 15.4. The molecular weight excluding hydrogens is 307 g/mol. The lowest BCUT2D eigenvalue weighted by Gasteiger charge is -2.09. The summed E-state index contributed by atoms with van der Waals surface area (Å²) >= 11 is 12.0. The van der Waals surface area contributed by atoms with E-state index < -0.39 is 0 Å². The highest BCUT2D eigenvalue weighted by molar-refractivity contribution is 6.31. The van der Waals surface area contributed by atoms with E-state index in [0.717, 1.165) is 22.6 Å². The molecule has 0 unspecified atom stereocenters. The minimum Gasteiger partial charge on any atom is -0.492 e. The van der Waals surface area contributed by atoms with Crippen LogP contribution in [0.2, 0.25) is 5.02 Å². The number of aromatic nitrogens is 2. The first-order chi connectivity index (χ1) is 10.3. The van der Waals surface area contributed by atoms with Crippen LogP contribution in [0.25, 0.3) is 11.0 Å². The lowest BCUT2D eigenvalue weighted by molar-refractivity contribution is 0.299. The second-order valence-electron chi connectivity index (χ2n) is 4.61. The molecule has 1 heterocycles. The van der Waals surface area contributed by atoms with Gasteiger partial charge in [0.25, 0.3) is 0 Å². The van der Waals surface area contributed by atoms with Gasteiger partial charge in [-0.2, -0.15) is 0 Å². The van der Waals surface area contributed by atoms with Gasteiger partial charge in [0.2, 0.25) is 0 Å². The van der Waals surface area contributed by atoms with Crippen molar-refractivity contribution in [1.82, 2.24) is 9.55 Å². The number of hydrogen-bond donors (Lipinski definition) is 0. The fourth-order valence-electron chi connectivity index (χ4n) is 2.27. The number of imidazole rings is 1. The van der Waals surface area contributed by atoms with Crippen molar-refractivity contribution in [2.75, 3.05) is 6.61 Å². The molecule has 21 heavy (non-hydrogen) atoms. The third kappa shape index (κ3) is 3.14. The Morgan fingerprint density at radius 2 is 1.90 bits per heavy atom. The lowest BCUT2D eigenvalue weighted by Crippen LogP contribution is -2.10. The van der Waals surface area contributed by atoms with E-state index >= 15 is 0 Å². The quantitative estimate of drug-likeness (QED) is 0.647. The van der Waals surface area contributed by atoms with Gasteiger partial charge < -0.3 is 9.30 Å². The van der Waals surface area contributed by atoms with Gasteiger partial charge in [-0.15, -0.1) is 11.6 Å². The van der Waals surface area contributed by atoms with Crippen molar-refractivity contribution in [3.8, 4) is 5.75 Å². The average molecular weight is 321 g/mol. The summed E-state index contributed by atoms with van der Waals surface area (Å²) in [5.41, 5.74) is 1.88. The molecule has 0 aliphatic rings. The maximum atomic E-state index is 6.07. The molecule has 2 aromatic carbocycles. The van der Waals surface area contributed by atoms with Crippen molar-refractivity contribution >= 4 is 34.2 Å². The predicted octanol–water partition coefficient (Wildman–Crippen LogP) is 4.51. The van der Waals surface area contributed by atoms with Crippen LogP contribution >= 0.6 is 23.2 Å². The number of ether oxygens (including phenoxy) is 1. The molecule has 5 heteroatoms. The van der Waals surface area contributed by atoms with Crippen LogP contribution < -0.4 is 4.74 Å². The van der Waals surface area contributed by atoms with Crippen molar-refractivity contribution < 1.29 is 4.74 Å². The first-order valence-corrected chi connectivity index (χ1v) is 7.57. The third-order valence-corrected chi connectivity index (χ3v) is 3.71. The number of hydrogen-bond acceptors (Lipinski definition) is 2. The fourth-order valence-corrected chi connectivity index (χ4v) is 2.64. The smallest absolute Gasteiger partial charge is 0.124 e. The van der Waals surface area contributed by atoms with Gasteiger partial charge in [-0.3, -0.25) is 0 Å². The van der Waals surface area contributed by atoms with E-state index in [-0.39, 0.29) is 0 Å². The van der Waals surface area contributed by atoms with Gasteiger partial charge in [-0.25, -0.2) is 4.98 Å². The first-order valence-electron chi connectivity index (χ1n) is 6.66. The van der Waals surface area contributed by atoms with E-state index in [2.05, 4.69) is 9.55 Å². The topological polar surface area (TPSA) is 27.1 Å². The largest absolute Gasteiger partial charge is 0.492 e. The van der Waals surface area contributed by atoms with Gasteiger partial charge in [-0.05, 0) is 30.3 Å². The first kappa shape index (κ1) is 14.2. The number of benzene rings is 2. The highest BCUT2D eigenvalue weighted by Crippen LogP contribution is 2.21. The minimum absolute atomic E-state index is 0.359. The second kappa shape index (κ2) is 6.37. The molecule has 0 saturated carbocycles. The molecule has 0 aliphatic carbocycles. The summed E-state index contributed by atoms with van der Waals surface area (Å²) in [6.45, 7) is 1.22. The summed E-state index contributed by atoms with van der Waals surface area (Å²) in [5.74, 6) is 2.04. The summed E-state index contributed by atoms with van der Waals surface area (Å²) in [7, 11) is 0. The molecule has 0 amide bonds. The van der Waals surface area contributed by atoms with Crippen LogP contribution in [0.4, 0.5) is 0 Å². The minimum atomic E-state index is 0.359. The van der Waals surface area contributed by atoms with Crippen LogP contribution in [-0.2, 0) is 12.4 Å². The molecule has 0 spiro atoms. The third-order valence-electron chi connectivity index (χ3n) is 3.24. The number of fused-ring (bicyclic) bond motifs is 1. The number of alkyl halides is 1. The Morgan fingerprint density at radius 3 is 2.67 bits per heavy atom. The van der Waals surface area contributed by atoms with Crippen molar-refractivity contribution in [1.29, 1.82) is 0 Å². The van der Waals surface area contributed by atoms with Crippen LogP contribution in [0, 0.1) is 0 Å². The Kier molecular flexibility index (Phi) is 4.32. The van der Waals surface area contributed by atoms with Crippen molar-refractivity contribution in [2.24, 2.45) is 0 Å². The van der Waals surface area contributed by atoms with Crippen LogP contribution in [0.5, 0.6) is 5.75 Å². The molecule has 3 nitrogen and oxygen atoms in total. The van der Waals surface area contributed by atoms with Gasteiger partial charge in [0.15, 0.2) is 0 Å². The van der Waals surface area contributed by atoms with E-state index in [9.17, 15) is 0 Å². The summed E-state index contributed by atoms with van der Waals surface area (Å²) in [4.78, 5) is 4.51. The van der Waals surface area contributed by atoms with Gasteiger partial charge >= 0.3 is 0 Å². The fraction of sp³-hybridized carbons (Fsp3) is 0.188. The van der Waals surface area contributed by atoms with E-state index in [1.807, 2.05) is 48.5 Å².